The fourth-order valence-electron chi connectivity index (χ4n) is 3.54. The summed E-state index contributed by atoms with van der Waals surface area (Å²) in [5, 5.41) is 21.8. The van der Waals surface area contributed by atoms with Crippen LogP contribution >= 0.6 is 0 Å². The number of methoxy groups -OCH3 is 1. The van der Waals surface area contributed by atoms with Gasteiger partial charge in [0.15, 0.2) is 0 Å². The number of benzene rings is 1. The molecule has 2 aromatic carbocycles. The molecule has 0 saturated heterocycles. The number of aromatic nitrogens is 1. The third-order valence-electron chi connectivity index (χ3n) is 5.34. The van der Waals surface area contributed by atoms with Crippen LogP contribution in [0.4, 0.5) is 5.69 Å². The smallest absolute Gasteiger partial charge is 0.860 e. The maximum atomic E-state index is 11.9. The Bertz CT molecular complexity index is 1140. The Morgan fingerprint density at radius 3 is 2.56 bits per heavy atom. The quantitative estimate of drug-likeness (QED) is 0.161. The number of pyridine rings is 1. The molecule has 1 aliphatic carbocycles. The Hall–Kier alpha value is -3.61. The second-order valence-corrected chi connectivity index (χ2v) is 8.11. The molecule has 36 heavy (non-hydrogen) atoms. The first kappa shape index (κ1) is 28.6. The molecule has 8 heteroatoms. The summed E-state index contributed by atoms with van der Waals surface area (Å²) in [4.78, 5) is 16.4. The van der Waals surface area contributed by atoms with Crippen molar-refractivity contribution in [2.45, 2.75) is 25.8 Å². The molecule has 0 radical (unpaired) electrons. The number of anilines is 1. The van der Waals surface area contributed by atoms with E-state index in [0.29, 0.717) is 12.1 Å². The van der Waals surface area contributed by atoms with E-state index in [1.807, 2.05) is 54.6 Å². The molecule has 1 aromatic heterocycles. The van der Waals surface area contributed by atoms with E-state index in [1.165, 1.54) is 0 Å². The minimum atomic E-state index is -0.243. The third-order valence-corrected chi connectivity index (χ3v) is 5.34. The van der Waals surface area contributed by atoms with Gasteiger partial charge in [-0.15, -0.1) is 0 Å². The molecule has 0 aliphatic heterocycles. The zero-order chi connectivity index (χ0) is 24.9. The average Bonchev–Trinajstić information content (AvgIpc) is 3.62. The molecular weight excluding hydrogens is 496 g/mol. The first-order valence-electron chi connectivity index (χ1n) is 11.7. The predicted molar refractivity (Wildman–Crippen MR) is 139 cm³/mol. The maximum Gasteiger partial charge on any atom is 2.00 e. The van der Waals surface area contributed by atoms with Gasteiger partial charge in [0.05, 0.1) is 24.9 Å². The summed E-state index contributed by atoms with van der Waals surface area (Å²) < 4.78 is 5.39. The second-order valence-electron chi connectivity index (χ2n) is 8.11. The number of hydrogen-bond donors (Lipinski definition) is 3. The largest absolute Gasteiger partial charge is 2.00 e. The summed E-state index contributed by atoms with van der Waals surface area (Å²) in [6, 6.07) is 18.0. The topological polar surface area (TPSA) is 98.3 Å². The van der Waals surface area contributed by atoms with Crippen LogP contribution in [0.3, 0.4) is 0 Å². The first-order chi connectivity index (χ1) is 17.1. The van der Waals surface area contributed by atoms with E-state index in [2.05, 4.69) is 27.9 Å². The number of hydrogen-bond acceptors (Lipinski definition) is 6. The molecule has 1 heterocycles. The average molecular weight is 528 g/mol. The summed E-state index contributed by atoms with van der Waals surface area (Å²) in [7, 11) is 1.65. The van der Waals surface area contributed by atoms with Crippen LogP contribution in [-0.2, 0) is 21.9 Å². The molecule has 0 fully saturated rings. The van der Waals surface area contributed by atoms with Crippen LogP contribution in [0.5, 0.6) is 5.75 Å². The number of nitrogens with one attached hydrogen (secondary N) is 3. The number of amides is 1. The van der Waals surface area contributed by atoms with Gasteiger partial charge >= 0.3 is 17.1 Å². The van der Waals surface area contributed by atoms with Gasteiger partial charge in [0, 0.05) is 30.2 Å². The molecular formula is C28H32FeN4O3. The summed E-state index contributed by atoms with van der Waals surface area (Å²) in [5.41, 5.74) is 2.39. The Morgan fingerprint density at radius 1 is 1.14 bits per heavy atom. The molecule has 1 aliphatic rings. The molecule has 1 unspecified atom stereocenters. The van der Waals surface area contributed by atoms with Crippen molar-refractivity contribution in [1.29, 1.82) is 0 Å². The molecule has 1 amide bonds. The standard InChI is InChI=1S/C23H28N4O3.C5H5.Fe/c1-16(27-20-14-19(30-2)13-18-10-6-12-25-22(18)20)7-5-11-24-21(28)15-26-23(29)17-8-3-4-9-17;1-2-4-5-3-1;/h3-4,6,8-10,12-14,16,26-27,29H,5,7,11,15H2,1-2H3,(H,24,28);1-5H;/q;-1;+2/p-1. The van der Waals surface area contributed by atoms with Crippen molar-refractivity contribution in [3.63, 3.8) is 0 Å². The van der Waals surface area contributed by atoms with E-state index in [0.717, 1.165) is 35.2 Å². The van der Waals surface area contributed by atoms with Crippen LogP contribution in [0, 0.1) is 0 Å². The summed E-state index contributed by atoms with van der Waals surface area (Å²) >= 11 is 0. The number of fused-ring (bicyclic) bond motifs is 1. The molecule has 0 saturated carbocycles. The van der Waals surface area contributed by atoms with Crippen molar-refractivity contribution in [2.24, 2.45) is 0 Å². The van der Waals surface area contributed by atoms with E-state index in [-0.39, 0.29) is 41.4 Å². The van der Waals surface area contributed by atoms with E-state index in [9.17, 15) is 9.90 Å². The molecule has 0 spiro atoms. The Balaban J connectivity index is 0.000000678. The molecule has 7 nitrogen and oxygen atoms in total. The van der Waals surface area contributed by atoms with Gasteiger partial charge in [0.1, 0.15) is 5.75 Å². The predicted octanol–water partition coefficient (Wildman–Crippen LogP) is 3.63. The van der Waals surface area contributed by atoms with Gasteiger partial charge in [-0.05, 0) is 43.4 Å². The number of nitrogens with zero attached hydrogens (tertiary/aromatic N) is 1. The van der Waals surface area contributed by atoms with Crippen LogP contribution in [0.25, 0.3) is 10.9 Å². The number of ether oxygens (including phenoxy) is 1. The van der Waals surface area contributed by atoms with Crippen molar-refractivity contribution in [1.82, 2.24) is 15.6 Å². The summed E-state index contributed by atoms with van der Waals surface area (Å²) in [6.45, 7) is 2.61. The third kappa shape index (κ3) is 9.21. The normalized spacial score (nSPS) is 12.2. The molecule has 3 N–H and O–H groups in total. The van der Waals surface area contributed by atoms with Gasteiger partial charge in [-0.2, -0.15) is 18.2 Å². The minimum absolute atomic E-state index is 0. The zero-order valence-corrected chi connectivity index (χ0v) is 21.6. The van der Waals surface area contributed by atoms with Gasteiger partial charge in [-0.25, -0.2) is 12.1 Å². The van der Waals surface area contributed by atoms with Gasteiger partial charge in [-0.1, -0.05) is 30.4 Å². The minimum Gasteiger partial charge on any atom is -0.860 e. The molecule has 4 rings (SSSR count). The Labute approximate surface area is 223 Å². The fraction of sp³-hybridized carbons (Fsp3) is 0.250. The van der Waals surface area contributed by atoms with Gasteiger partial charge in [0.2, 0.25) is 5.91 Å². The van der Waals surface area contributed by atoms with E-state index in [4.69, 9.17) is 4.74 Å². The number of allylic oxidation sites excluding steroid dienone is 5. The summed E-state index contributed by atoms with van der Waals surface area (Å²) in [6.07, 6.45) is 10.4. The first-order valence-corrected chi connectivity index (χ1v) is 11.7. The van der Waals surface area contributed by atoms with Crippen LogP contribution in [0.15, 0.2) is 96.6 Å². The van der Waals surface area contributed by atoms with Gasteiger partial charge in [-0.3, -0.25) is 9.78 Å². The van der Waals surface area contributed by atoms with Crippen molar-refractivity contribution in [2.75, 3.05) is 25.5 Å². The summed E-state index contributed by atoms with van der Waals surface area (Å²) in [5.74, 6) is 0.340. The molecule has 0 bridgehead atoms. The monoisotopic (exact) mass is 528 g/mol. The van der Waals surface area contributed by atoms with E-state index < -0.39 is 0 Å². The number of rotatable bonds is 10. The van der Waals surface area contributed by atoms with Crippen LogP contribution < -0.4 is 25.8 Å². The van der Waals surface area contributed by atoms with Crippen molar-refractivity contribution in [3.05, 3.63) is 96.6 Å². The fourth-order valence-corrected chi connectivity index (χ4v) is 3.54. The van der Waals surface area contributed by atoms with Crippen molar-refractivity contribution in [3.8, 4) is 5.75 Å². The number of carbonyl (C=O) groups excluding carboxylic acids is 1. The van der Waals surface area contributed by atoms with Gasteiger partial charge < -0.3 is 25.8 Å². The Kier molecular flexibility index (Phi) is 12.2. The van der Waals surface area contributed by atoms with Crippen LogP contribution in [0.2, 0.25) is 0 Å². The Morgan fingerprint density at radius 2 is 1.89 bits per heavy atom. The molecule has 190 valence electrons. The number of carbonyl (C=O) groups is 1. The van der Waals surface area contributed by atoms with Crippen molar-refractivity contribution >= 4 is 22.5 Å². The zero-order valence-electron chi connectivity index (χ0n) is 20.5. The van der Waals surface area contributed by atoms with Crippen molar-refractivity contribution < 1.29 is 31.7 Å². The second kappa shape index (κ2) is 15.4. The van der Waals surface area contributed by atoms with E-state index >= 15 is 0 Å². The van der Waals surface area contributed by atoms with E-state index in [1.54, 1.807) is 37.6 Å². The van der Waals surface area contributed by atoms with Crippen LogP contribution in [0.1, 0.15) is 19.8 Å². The maximum absolute atomic E-state index is 11.9. The van der Waals surface area contributed by atoms with Crippen LogP contribution in [-0.4, -0.2) is 37.1 Å². The molecule has 3 aromatic rings. The molecule has 1 atom stereocenters. The SMILES string of the molecule is COc1cc(NC(C)CCCNC(=O)CNC([O-])=C2C=CC=C2)c2ncccc2c1.[Fe+2].c1cc[cH-]c1. The van der Waals surface area contributed by atoms with Gasteiger partial charge in [0.25, 0.3) is 0 Å².